The third-order valence-corrected chi connectivity index (χ3v) is 3.30. The Morgan fingerprint density at radius 1 is 1.10 bits per heavy atom. The van der Waals surface area contributed by atoms with Gasteiger partial charge in [0.25, 0.3) is 0 Å². The molecule has 0 aliphatic rings. The van der Waals surface area contributed by atoms with Crippen molar-refractivity contribution >= 4 is 0 Å². The van der Waals surface area contributed by atoms with Gasteiger partial charge >= 0.3 is 0 Å². The highest BCUT2D eigenvalue weighted by Crippen LogP contribution is 2.21. The van der Waals surface area contributed by atoms with E-state index in [1.807, 2.05) is 18.2 Å². The Kier molecular flexibility index (Phi) is 5.76. The molecule has 2 rings (SSSR count). The first-order valence-electron chi connectivity index (χ1n) is 7.37. The molecule has 0 saturated heterocycles. The summed E-state index contributed by atoms with van der Waals surface area (Å²) in [6.45, 7) is 6.18. The number of hydrogen-bond acceptors (Lipinski definition) is 2. The lowest BCUT2D eigenvalue weighted by molar-refractivity contribution is 0.296. The van der Waals surface area contributed by atoms with Gasteiger partial charge in [-0.2, -0.15) is 0 Å². The number of aryl methyl sites for hydroxylation is 1. The smallest absolute Gasteiger partial charge is 0.129 e. The van der Waals surface area contributed by atoms with Crippen molar-refractivity contribution in [2.45, 2.75) is 33.4 Å². The van der Waals surface area contributed by atoms with Crippen molar-refractivity contribution in [3.8, 4) is 5.75 Å². The Morgan fingerprint density at radius 3 is 2.67 bits per heavy atom. The van der Waals surface area contributed by atoms with Crippen LogP contribution < -0.4 is 10.1 Å². The fourth-order valence-corrected chi connectivity index (χ4v) is 2.16. The molecule has 112 valence electrons. The van der Waals surface area contributed by atoms with E-state index in [9.17, 15) is 4.39 Å². The Hall–Kier alpha value is -1.87. The molecule has 0 aliphatic heterocycles. The molecule has 0 aromatic heterocycles. The number of rotatable bonds is 7. The largest absolute Gasteiger partial charge is 0.488 e. The van der Waals surface area contributed by atoms with Crippen molar-refractivity contribution in [2.24, 2.45) is 0 Å². The van der Waals surface area contributed by atoms with Crippen LogP contribution in [0.2, 0.25) is 0 Å². The van der Waals surface area contributed by atoms with E-state index < -0.39 is 0 Å². The summed E-state index contributed by atoms with van der Waals surface area (Å²) < 4.78 is 19.4. The van der Waals surface area contributed by atoms with E-state index in [4.69, 9.17) is 4.74 Å². The van der Waals surface area contributed by atoms with Crippen LogP contribution in [0.1, 0.15) is 30.0 Å². The zero-order valence-electron chi connectivity index (χ0n) is 12.7. The molecule has 0 unspecified atom stereocenters. The van der Waals surface area contributed by atoms with Gasteiger partial charge in [-0.1, -0.05) is 42.8 Å². The van der Waals surface area contributed by atoms with E-state index in [0.29, 0.717) is 5.56 Å². The lowest BCUT2D eigenvalue weighted by atomic mass is 10.1. The van der Waals surface area contributed by atoms with Crippen LogP contribution >= 0.6 is 0 Å². The topological polar surface area (TPSA) is 21.3 Å². The molecule has 0 bridgehead atoms. The van der Waals surface area contributed by atoms with Gasteiger partial charge in [0.2, 0.25) is 0 Å². The van der Waals surface area contributed by atoms with Crippen molar-refractivity contribution in [1.29, 1.82) is 0 Å². The summed E-state index contributed by atoms with van der Waals surface area (Å²) in [4.78, 5) is 0. The number of nitrogens with one attached hydrogen (secondary N) is 1. The normalized spacial score (nSPS) is 10.6. The first-order valence-corrected chi connectivity index (χ1v) is 7.37. The van der Waals surface area contributed by atoms with Gasteiger partial charge in [0, 0.05) is 17.7 Å². The molecule has 0 radical (unpaired) electrons. The fourth-order valence-electron chi connectivity index (χ4n) is 2.16. The molecule has 3 heteroatoms. The molecule has 0 aliphatic carbocycles. The van der Waals surface area contributed by atoms with Crippen LogP contribution in [-0.2, 0) is 13.2 Å². The van der Waals surface area contributed by atoms with E-state index >= 15 is 0 Å². The van der Waals surface area contributed by atoms with E-state index in [-0.39, 0.29) is 12.4 Å². The van der Waals surface area contributed by atoms with Gasteiger partial charge in [-0.05, 0) is 32.0 Å². The van der Waals surface area contributed by atoms with Crippen LogP contribution in [0.5, 0.6) is 5.75 Å². The van der Waals surface area contributed by atoms with Crippen molar-refractivity contribution in [2.75, 3.05) is 6.54 Å². The molecular formula is C18H22FNO. The molecule has 0 atom stereocenters. The highest BCUT2D eigenvalue weighted by atomic mass is 19.1. The number of hydrogen-bond donors (Lipinski definition) is 1. The summed E-state index contributed by atoms with van der Waals surface area (Å²) in [7, 11) is 0. The standard InChI is InChI=1S/C18H22FNO/c1-3-10-20-12-16-11-14(2)8-9-18(16)21-13-15-6-4-5-7-17(15)19/h4-9,11,20H,3,10,12-13H2,1-2H3. The highest BCUT2D eigenvalue weighted by Gasteiger charge is 2.06. The molecule has 2 nitrogen and oxygen atoms in total. The van der Waals surface area contributed by atoms with Crippen molar-refractivity contribution in [3.05, 3.63) is 65.0 Å². The van der Waals surface area contributed by atoms with Gasteiger partial charge in [0.05, 0.1) is 0 Å². The van der Waals surface area contributed by atoms with Crippen molar-refractivity contribution < 1.29 is 9.13 Å². The molecular weight excluding hydrogens is 265 g/mol. The van der Waals surface area contributed by atoms with Crippen LogP contribution in [0.25, 0.3) is 0 Å². The SMILES string of the molecule is CCCNCc1cc(C)ccc1OCc1ccccc1F. The van der Waals surface area contributed by atoms with Gasteiger partial charge in [-0.15, -0.1) is 0 Å². The molecule has 0 amide bonds. The second-order valence-electron chi connectivity index (χ2n) is 5.17. The van der Waals surface area contributed by atoms with Crippen LogP contribution in [0, 0.1) is 12.7 Å². The van der Waals surface area contributed by atoms with Crippen LogP contribution in [0.15, 0.2) is 42.5 Å². The molecule has 0 fully saturated rings. The number of benzene rings is 2. The third kappa shape index (κ3) is 4.57. The van der Waals surface area contributed by atoms with E-state index in [0.717, 1.165) is 30.8 Å². The second kappa shape index (κ2) is 7.79. The van der Waals surface area contributed by atoms with Gasteiger partial charge in [-0.3, -0.25) is 0 Å². The average molecular weight is 287 g/mol. The van der Waals surface area contributed by atoms with Gasteiger partial charge < -0.3 is 10.1 Å². The van der Waals surface area contributed by atoms with Crippen molar-refractivity contribution in [3.63, 3.8) is 0 Å². The van der Waals surface area contributed by atoms with Gasteiger partial charge in [0.1, 0.15) is 18.2 Å². The number of halogens is 1. The first-order chi connectivity index (χ1) is 10.2. The summed E-state index contributed by atoms with van der Waals surface area (Å²) >= 11 is 0. The summed E-state index contributed by atoms with van der Waals surface area (Å²) in [5.74, 6) is 0.586. The Bertz CT molecular complexity index is 583. The Labute approximate surface area is 126 Å². The predicted octanol–water partition coefficient (Wildman–Crippen LogP) is 4.21. The van der Waals surface area contributed by atoms with E-state index in [2.05, 4.69) is 25.2 Å². The minimum Gasteiger partial charge on any atom is -0.488 e. The molecule has 2 aromatic carbocycles. The van der Waals surface area contributed by atoms with Gasteiger partial charge in [-0.25, -0.2) is 4.39 Å². The predicted molar refractivity (Wildman–Crippen MR) is 83.9 cm³/mol. The Morgan fingerprint density at radius 2 is 1.90 bits per heavy atom. The van der Waals surface area contributed by atoms with E-state index in [1.165, 1.54) is 11.6 Å². The lowest BCUT2D eigenvalue weighted by Crippen LogP contribution is -2.15. The lowest BCUT2D eigenvalue weighted by Gasteiger charge is -2.13. The maximum atomic E-state index is 13.6. The molecule has 2 aromatic rings. The summed E-state index contributed by atoms with van der Waals surface area (Å²) in [6.07, 6.45) is 1.09. The maximum Gasteiger partial charge on any atom is 0.129 e. The third-order valence-electron chi connectivity index (χ3n) is 3.30. The average Bonchev–Trinajstić information content (AvgIpc) is 2.48. The zero-order valence-corrected chi connectivity index (χ0v) is 12.7. The van der Waals surface area contributed by atoms with Crippen molar-refractivity contribution in [1.82, 2.24) is 5.32 Å². The maximum absolute atomic E-state index is 13.6. The molecule has 1 N–H and O–H groups in total. The monoisotopic (exact) mass is 287 g/mol. The first kappa shape index (κ1) is 15.5. The van der Waals surface area contributed by atoms with Crippen LogP contribution in [0.4, 0.5) is 4.39 Å². The van der Waals surface area contributed by atoms with Crippen LogP contribution in [0.3, 0.4) is 0 Å². The summed E-state index contributed by atoms with van der Waals surface area (Å²) in [6, 6.07) is 12.8. The summed E-state index contributed by atoms with van der Waals surface area (Å²) in [5.41, 5.74) is 2.88. The van der Waals surface area contributed by atoms with Gasteiger partial charge in [0.15, 0.2) is 0 Å². The highest BCUT2D eigenvalue weighted by molar-refractivity contribution is 5.37. The molecule has 21 heavy (non-hydrogen) atoms. The fraction of sp³-hybridized carbons (Fsp3) is 0.333. The number of ether oxygens (including phenoxy) is 1. The minimum absolute atomic E-state index is 0.227. The zero-order chi connectivity index (χ0) is 15.1. The molecule has 0 saturated carbocycles. The molecule has 0 heterocycles. The second-order valence-corrected chi connectivity index (χ2v) is 5.17. The quantitative estimate of drug-likeness (QED) is 0.770. The minimum atomic E-state index is -0.227. The summed E-state index contributed by atoms with van der Waals surface area (Å²) in [5, 5.41) is 3.37. The van der Waals surface area contributed by atoms with Crippen LogP contribution in [-0.4, -0.2) is 6.54 Å². The Balaban J connectivity index is 2.06. The van der Waals surface area contributed by atoms with E-state index in [1.54, 1.807) is 12.1 Å². The molecule has 0 spiro atoms.